The Bertz CT molecular complexity index is 764. The average Bonchev–Trinajstić information content (AvgIpc) is 2.64. The van der Waals surface area contributed by atoms with Crippen LogP contribution in [0.15, 0.2) is 18.2 Å². The highest BCUT2D eigenvalue weighted by Gasteiger charge is 2.45. The molecule has 3 aliphatic heterocycles. The van der Waals surface area contributed by atoms with Gasteiger partial charge in [-0.25, -0.2) is 8.42 Å². The normalized spacial score (nSPS) is 29.7. The Morgan fingerprint density at radius 1 is 1.27 bits per heavy atom. The number of benzene rings is 1. The number of sulfonamides is 1. The maximum atomic E-state index is 12.9. The van der Waals surface area contributed by atoms with Gasteiger partial charge < -0.3 is 5.73 Å². The van der Waals surface area contributed by atoms with E-state index in [1.807, 2.05) is 4.31 Å². The Labute approximate surface area is 157 Å². The molecule has 3 aliphatic rings. The molecule has 4 rings (SSSR count). The third kappa shape index (κ3) is 3.33. The molecule has 3 atom stereocenters. The molecule has 2 fully saturated rings. The number of rotatable bonds is 4. The third-order valence-electron chi connectivity index (χ3n) is 6.53. The lowest BCUT2D eigenvalue weighted by atomic mass is 9.77. The molecule has 0 saturated carbocycles. The fraction of sp³-hybridized carbons (Fsp3) is 0.700. The van der Waals surface area contributed by atoms with Crippen molar-refractivity contribution < 1.29 is 8.42 Å². The van der Waals surface area contributed by atoms with Crippen LogP contribution in [0.3, 0.4) is 0 Å². The average molecular weight is 378 g/mol. The molecule has 26 heavy (non-hydrogen) atoms. The van der Waals surface area contributed by atoms with Gasteiger partial charge in [0.25, 0.3) is 0 Å². The van der Waals surface area contributed by atoms with Crippen molar-refractivity contribution in [2.45, 2.75) is 51.1 Å². The van der Waals surface area contributed by atoms with Crippen molar-refractivity contribution in [3.63, 3.8) is 0 Å². The largest absolute Gasteiger partial charge is 0.330 e. The van der Waals surface area contributed by atoms with Crippen LogP contribution in [0.4, 0.5) is 0 Å². The van der Waals surface area contributed by atoms with Crippen LogP contribution in [0.5, 0.6) is 0 Å². The van der Waals surface area contributed by atoms with E-state index < -0.39 is 10.0 Å². The van der Waals surface area contributed by atoms with Crippen molar-refractivity contribution in [3.8, 4) is 0 Å². The van der Waals surface area contributed by atoms with Crippen molar-refractivity contribution >= 4 is 10.0 Å². The number of nitrogens with zero attached hydrogens (tertiary/aromatic N) is 2. The second-order valence-electron chi connectivity index (χ2n) is 8.24. The van der Waals surface area contributed by atoms with Crippen molar-refractivity contribution in [1.82, 2.24) is 9.21 Å². The first-order valence-electron chi connectivity index (χ1n) is 10.0. The Morgan fingerprint density at radius 2 is 2.12 bits per heavy atom. The standard InChI is InChI=1S/C20H31N3O2S/c1-15-5-6-16-7-10-22-14-17-4-2-9-23(26(24,25)11-3-8-21)19(17)13-20(22)18(16)12-15/h5-6,12,17,19-20H,2-4,7-11,13-14,21H2,1H3/t17-,19+,20+/m1/s1. The molecule has 3 heterocycles. The maximum absolute atomic E-state index is 12.9. The molecule has 2 saturated heterocycles. The minimum Gasteiger partial charge on any atom is -0.330 e. The predicted molar refractivity (Wildman–Crippen MR) is 104 cm³/mol. The molecule has 5 nitrogen and oxygen atoms in total. The second kappa shape index (κ2) is 7.23. The van der Waals surface area contributed by atoms with Crippen LogP contribution in [-0.4, -0.2) is 55.6 Å². The molecule has 1 aromatic carbocycles. The van der Waals surface area contributed by atoms with E-state index in [-0.39, 0.29) is 11.8 Å². The van der Waals surface area contributed by atoms with Crippen LogP contribution >= 0.6 is 0 Å². The Morgan fingerprint density at radius 3 is 2.92 bits per heavy atom. The van der Waals surface area contributed by atoms with Crippen LogP contribution in [0.2, 0.25) is 0 Å². The van der Waals surface area contributed by atoms with E-state index in [1.54, 1.807) is 0 Å². The molecular formula is C20H31N3O2S. The third-order valence-corrected chi connectivity index (χ3v) is 8.51. The molecule has 0 radical (unpaired) electrons. The lowest BCUT2D eigenvalue weighted by Gasteiger charge is -2.51. The molecule has 144 valence electrons. The molecule has 0 spiro atoms. The van der Waals surface area contributed by atoms with Crippen LogP contribution < -0.4 is 5.73 Å². The molecular weight excluding hydrogens is 346 g/mol. The molecule has 6 heteroatoms. The number of hydrogen-bond acceptors (Lipinski definition) is 4. The summed E-state index contributed by atoms with van der Waals surface area (Å²) < 4.78 is 27.7. The minimum atomic E-state index is -3.20. The van der Waals surface area contributed by atoms with Gasteiger partial charge in [0.1, 0.15) is 0 Å². The monoisotopic (exact) mass is 377 g/mol. The van der Waals surface area contributed by atoms with Crippen molar-refractivity contribution in [2.75, 3.05) is 31.9 Å². The molecule has 2 N–H and O–H groups in total. The summed E-state index contributed by atoms with van der Waals surface area (Å²) in [6, 6.07) is 7.31. The first-order valence-corrected chi connectivity index (χ1v) is 11.6. The first kappa shape index (κ1) is 18.4. The summed E-state index contributed by atoms with van der Waals surface area (Å²) in [5.41, 5.74) is 9.74. The summed E-state index contributed by atoms with van der Waals surface area (Å²) in [5, 5.41) is 0. The number of piperidine rings is 2. The van der Waals surface area contributed by atoms with E-state index in [1.165, 1.54) is 16.7 Å². The molecule has 0 bridgehead atoms. The predicted octanol–water partition coefficient (Wildman–Crippen LogP) is 2.06. The lowest BCUT2D eigenvalue weighted by molar-refractivity contribution is 0.0220. The quantitative estimate of drug-likeness (QED) is 0.872. The van der Waals surface area contributed by atoms with E-state index in [4.69, 9.17) is 5.73 Å². The van der Waals surface area contributed by atoms with Gasteiger partial charge in [0.2, 0.25) is 10.0 Å². The molecule has 0 amide bonds. The van der Waals surface area contributed by atoms with Crippen LogP contribution in [0.1, 0.15) is 48.4 Å². The van der Waals surface area contributed by atoms with Crippen LogP contribution in [0, 0.1) is 12.8 Å². The van der Waals surface area contributed by atoms with E-state index in [9.17, 15) is 8.42 Å². The highest BCUT2D eigenvalue weighted by molar-refractivity contribution is 7.89. The molecule has 0 unspecified atom stereocenters. The Balaban J connectivity index is 1.62. The smallest absolute Gasteiger partial charge is 0.214 e. The lowest BCUT2D eigenvalue weighted by Crippen LogP contribution is -2.57. The van der Waals surface area contributed by atoms with Gasteiger partial charge in [-0.2, -0.15) is 4.31 Å². The van der Waals surface area contributed by atoms with Crippen molar-refractivity contribution in [1.29, 1.82) is 0 Å². The van der Waals surface area contributed by atoms with Crippen molar-refractivity contribution in [3.05, 3.63) is 34.9 Å². The van der Waals surface area contributed by atoms with E-state index >= 15 is 0 Å². The zero-order valence-corrected chi connectivity index (χ0v) is 16.5. The number of fused-ring (bicyclic) bond motifs is 4. The Hall–Kier alpha value is -0.950. The molecule has 0 aromatic heterocycles. The summed E-state index contributed by atoms with van der Waals surface area (Å²) in [6.45, 7) is 5.40. The zero-order chi connectivity index (χ0) is 18.3. The van der Waals surface area contributed by atoms with Crippen LogP contribution in [-0.2, 0) is 16.4 Å². The van der Waals surface area contributed by atoms with Gasteiger partial charge in [0, 0.05) is 31.7 Å². The summed E-state index contributed by atoms with van der Waals surface area (Å²) in [4.78, 5) is 2.61. The van der Waals surface area contributed by atoms with Gasteiger partial charge in [-0.05, 0) is 62.6 Å². The molecule has 1 aromatic rings. The highest BCUT2D eigenvalue weighted by atomic mass is 32.2. The Kier molecular flexibility index (Phi) is 5.12. The SMILES string of the molecule is Cc1ccc2c(c1)[C@@H]1C[C@H]3[C@H](CCCN3S(=O)(=O)CCCN)CN1CC2. The van der Waals surface area contributed by atoms with E-state index in [0.717, 1.165) is 38.8 Å². The summed E-state index contributed by atoms with van der Waals surface area (Å²) in [7, 11) is -3.20. The van der Waals surface area contributed by atoms with Gasteiger partial charge in [0.15, 0.2) is 0 Å². The summed E-state index contributed by atoms with van der Waals surface area (Å²) >= 11 is 0. The highest BCUT2D eigenvalue weighted by Crippen LogP contribution is 2.43. The summed E-state index contributed by atoms with van der Waals surface area (Å²) in [6.07, 6.45) is 4.73. The van der Waals surface area contributed by atoms with Gasteiger partial charge in [-0.15, -0.1) is 0 Å². The van der Waals surface area contributed by atoms with Gasteiger partial charge in [-0.1, -0.05) is 23.8 Å². The van der Waals surface area contributed by atoms with Crippen molar-refractivity contribution in [2.24, 2.45) is 11.7 Å². The zero-order valence-electron chi connectivity index (χ0n) is 15.7. The topological polar surface area (TPSA) is 66.6 Å². The fourth-order valence-corrected chi connectivity index (χ4v) is 7.09. The number of hydrogen-bond donors (Lipinski definition) is 1. The maximum Gasteiger partial charge on any atom is 0.214 e. The van der Waals surface area contributed by atoms with E-state index in [0.29, 0.717) is 31.5 Å². The number of nitrogens with two attached hydrogens (primary N) is 1. The van der Waals surface area contributed by atoms with Crippen LogP contribution in [0.25, 0.3) is 0 Å². The summed E-state index contributed by atoms with van der Waals surface area (Å²) in [5.74, 6) is 0.663. The minimum absolute atomic E-state index is 0.152. The van der Waals surface area contributed by atoms with Gasteiger partial charge in [-0.3, -0.25) is 4.90 Å². The first-order chi connectivity index (χ1) is 12.5. The van der Waals surface area contributed by atoms with Gasteiger partial charge in [0.05, 0.1) is 5.75 Å². The van der Waals surface area contributed by atoms with Gasteiger partial charge >= 0.3 is 0 Å². The fourth-order valence-electron chi connectivity index (χ4n) is 5.25. The number of aryl methyl sites for hydroxylation is 1. The molecule has 0 aliphatic carbocycles. The van der Waals surface area contributed by atoms with E-state index in [2.05, 4.69) is 30.0 Å². The second-order valence-corrected chi connectivity index (χ2v) is 10.3.